The van der Waals surface area contributed by atoms with Crippen molar-refractivity contribution in [3.63, 3.8) is 0 Å². The number of fused-ring (bicyclic) bond motifs is 1. The molecule has 0 saturated heterocycles. The number of anilines is 1. The van der Waals surface area contributed by atoms with Gasteiger partial charge in [0, 0.05) is 22.4 Å². The first kappa shape index (κ1) is 7.96. The molecule has 0 N–H and O–H groups in total. The lowest BCUT2D eigenvalue weighted by Gasteiger charge is -2.20. The number of rotatable bonds is 0. The summed E-state index contributed by atoms with van der Waals surface area (Å²) in [7, 11) is 0. The van der Waals surface area contributed by atoms with Crippen LogP contribution in [0.4, 0.5) is 5.69 Å². The fraction of sp³-hybridized carbons (Fsp3) is 0.111. The molecule has 1 aromatic carbocycles. The van der Waals surface area contributed by atoms with Gasteiger partial charge in [0.05, 0.1) is 12.2 Å². The quantitative estimate of drug-likeness (QED) is 0.580. The normalized spacial score (nSPS) is 14.7. The molecule has 0 aromatic heterocycles. The van der Waals surface area contributed by atoms with E-state index in [0.717, 1.165) is 22.8 Å². The molecule has 1 nitrogen and oxygen atoms in total. The molecule has 0 fully saturated rings. The molecular weight excluding hydrogens is 193 g/mol. The number of hydrogen-bond donors (Lipinski definition) is 0. The first-order valence-electron chi connectivity index (χ1n) is 3.67. The summed E-state index contributed by atoms with van der Waals surface area (Å²) in [5.41, 5.74) is 1.98. The van der Waals surface area contributed by atoms with E-state index in [1.54, 1.807) is 4.42 Å². The van der Waals surface area contributed by atoms with Crippen LogP contribution >= 0.6 is 23.4 Å². The van der Waals surface area contributed by atoms with Gasteiger partial charge in [-0.25, -0.2) is 0 Å². The standard InChI is InChI=1S/C9H7Cl2N/c10-8-4-1-5-9-7(8)3-2-6-12(9)11/h1-5H,6H2. The Morgan fingerprint density at radius 2 is 2.17 bits per heavy atom. The molecule has 12 heavy (non-hydrogen) atoms. The monoisotopic (exact) mass is 199 g/mol. The molecule has 2 rings (SSSR count). The Labute approximate surface area is 81.3 Å². The van der Waals surface area contributed by atoms with Crippen molar-refractivity contribution in [3.05, 3.63) is 34.9 Å². The highest BCUT2D eigenvalue weighted by atomic mass is 35.5. The second kappa shape index (κ2) is 3.00. The summed E-state index contributed by atoms with van der Waals surface area (Å²) in [6.45, 7) is 0.731. The molecular formula is C9H7Cl2N. The van der Waals surface area contributed by atoms with E-state index in [1.165, 1.54) is 0 Å². The minimum absolute atomic E-state index is 0.731. The topological polar surface area (TPSA) is 3.24 Å². The van der Waals surface area contributed by atoms with Crippen molar-refractivity contribution >= 4 is 35.1 Å². The number of nitrogens with zero attached hydrogens (tertiary/aromatic N) is 1. The van der Waals surface area contributed by atoms with E-state index in [9.17, 15) is 0 Å². The predicted octanol–water partition coefficient (Wildman–Crippen LogP) is 3.33. The maximum atomic E-state index is 5.97. The fourth-order valence-electron chi connectivity index (χ4n) is 1.26. The molecule has 0 bridgehead atoms. The Bertz CT molecular complexity index is 333. The van der Waals surface area contributed by atoms with Gasteiger partial charge in [0.25, 0.3) is 0 Å². The maximum absolute atomic E-state index is 5.97. The number of halogens is 2. The number of benzene rings is 1. The lowest BCUT2D eigenvalue weighted by atomic mass is 10.1. The van der Waals surface area contributed by atoms with E-state index in [-0.39, 0.29) is 0 Å². The largest absolute Gasteiger partial charge is 0.281 e. The average molecular weight is 200 g/mol. The third kappa shape index (κ3) is 1.19. The number of hydrogen-bond acceptors (Lipinski definition) is 1. The van der Waals surface area contributed by atoms with Crippen LogP contribution in [0.2, 0.25) is 5.02 Å². The summed E-state index contributed by atoms with van der Waals surface area (Å²) in [6, 6.07) is 5.72. The van der Waals surface area contributed by atoms with Crippen LogP contribution in [-0.2, 0) is 0 Å². The Balaban J connectivity index is 2.61. The predicted molar refractivity (Wildman–Crippen MR) is 53.7 cm³/mol. The van der Waals surface area contributed by atoms with Crippen LogP contribution in [0, 0.1) is 0 Å². The van der Waals surface area contributed by atoms with Crippen molar-refractivity contribution in [2.75, 3.05) is 11.0 Å². The van der Waals surface area contributed by atoms with Crippen LogP contribution in [0.25, 0.3) is 6.08 Å². The van der Waals surface area contributed by atoms with E-state index in [4.69, 9.17) is 23.4 Å². The molecule has 0 radical (unpaired) electrons. The minimum atomic E-state index is 0.731. The smallest absolute Gasteiger partial charge is 0.0614 e. The van der Waals surface area contributed by atoms with Crippen LogP contribution in [-0.4, -0.2) is 6.54 Å². The van der Waals surface area contributed by atoms with Crippen LogP contribution < -0.4 is 4.42 Å². The molecule has 0 spiro atoms. The van der Waals surface area contributed by atoms with Gasteiger partial charge < -0.3 is 0 Å². The van der Waals surface area contributed by atoms with Gasteiger partial charge >= 0.3 is 0 Å². The van der Waals surface area contributed by atoms with Crippen LogP contribution in [0.3, 0.4) is 0 Å². The second-order valence-corrected chi connectivity index (χ2v) is 3.44. The van der Waals surface area contributed by atoms with Gasteiger partial charge in [-0.15, -0.1) is 0 Å². The van der Waals surface area contributed by atoms with E-state index in [0.29, 0.717) is 0 Å². The first-order chi connectivity index (χ1) is 5.79. The summed E-state index contributed by atoms with van der Waals surface area (Å²) >= 11 is 11.9. The molecule has 3 heteroatoms. The summed E-state index contributed by atoms with van der Waals surface area (Å²) in [5, 5.41) is 0.745. The SMILES string of the molecule is Clc1cccc2c1C=CCN2Cl. The molecule has 1 aromatic rings. The lowest BCUT2D eigenvalue weighted by molar-refractivity contribution is 1.18. The van der Waals surface area contributed by atoms with Gasteiger partial charge in [-0.1, -0.05) is 29.8 Å². The van der Waals surface area contributed by atoms with Gasteiger partial charge in [0.1, 0.15) is 0 Å². The second-order valence-electron chi connectivity index (χ2n) is 2.62. The van der Waals surface area contributed by atoms with Crippen molar-refractivity contribution in [1.82, 2.24) is 0 Å². The highest BCUT2D eigenvalue weighted by Crippen LogP contribution is 2.32. The first-order valence-corrected chi connectivity index (χ1v) is 4.39. The van der Waals surface area contributed by atoms with Crippen LogP contribution in [0.15, 0.2) is 24.3 Å². The maximum Gasteiger partial charge on any atom is 0.0614 e. The van der Waals surface area contributed by atoms with E-state index in [1.807, 2.05) is 30.4 Å². The van der Waals surface area contributed by atoms with Gasteiger partial charge in [-0.05, 0) is 12.1 Å². The Kier molecular flexibility index (Phi) is 1.99. The Morgan fingerprint density at radius 1 is 1.33 bits per heavy atom. The Morgan fingerprint density at radius 3 is 2.92 bits per heavy atom. The summed E-state index contributed by atoms with van der Waals surface area (Å²) < 4.78 is 1.65. The summed E-state index contributed by atoms with van der Waals surface area (Å²) in [5.74, 6) is 0. The molecule has 0 unspecified atom stereocenters. The zero-order valence-electron chi connectivity index (χ0n) is 6.30. The zero-order valence-corrected chi connectivity index (χ0v) is 7.81. The molecule has 0 amide bonds. The highest BCUT2D eigenvalue weighted by molar-refractivity contribution is 6.33. The highest BCUT2D eigenvalue weighted by Gasteiger charge is 2.12. The van der Waals surface area contributed by atoms with E-state index in [2.05, 4.69) is 0 Å². The summed E-state index contributed by atoms with van der Waals surface area (Å²) in [6.07, 6.45) is 3.98. The van der Waals surface area contributed by atoms with Crippen molar-refractivity contribution in [2.45, 2.75) is 0 Å². The zero-order chi connectivity index (χ0) is 8.55. The van der Waals surface area contributed by atoms with Crippen LogP contribution in [0.5, 0.6) is 0 Å². The molecule has 0 aliphatic carbocycles. The summed E-state index contributed by atoms with van der Waals surface area (Å²) in [4.78, 5) is 0. The van der Waals surface area contributed by atoms with Gasteiger partial charge in [0.15, 0.2) is 0 Å². The third-order valence-corrected chi connectivity index (χ3v) is 2.49. The molecule has 0 saturated carbocycles. The average Bonchev–Trinajstić information content (AvgIpc) is 2.07. The van der Waals surface area contributed by atoms with Crippen molar-refractivity contribution in [2.24, 2.45) is 0 Å². The molecule has 1 heterocycles. The van der Waals surface area contributed by atoms with E-state index < -0.39 is 0 Å². The molecule has 1 aliphatic rings. The fourth-order valence-corrected chi connectivity index (χ4v) is 1.72. The third-order valence-electron chi connectivity index (χ3n) is 1.84. The van der Waals surface area contributed by atoms with Gasteiger partial charge in [0.2, 0.25) is 0 Å². The lowest BCUT2D eigenvalue weighted by Crippen LogP contribution is -2.13. The van der Waals surface area contributed by atoms with Gasteiger partial charge in [-0.2, -0.15) is 0 Å². The molecule has 62 valence electrons. The molecule has 1 aliphatic heterocycles. The van der Waals surface area contributed by atoms with Crippen LogP contribution in [0.1, 0.15) is 5.56 Å². The van der Waals surface area contributed by atoms with Gasteiger partial charge in [-0.3, -0.25) is 4.42 Å². The van der Waals surface area contributed by atoms with Crippen molar-refractivity contribution in [1.29, 1.82) is 0 Å². The van der Waals surface area contributed by atoms with Crippen molar-refractivity contribution in [3.8, 4) is 0 Å². The van der Waals surface area contributed by atoms with E-state index >= 15 is 0 Å². The minimum Gasteiger partial charge on any atom is -0.281 e. The molecule has 0 atom stereocenters. The van der Waals surface area contributed by atoms with Crippen molar-refractivity contribution < 1.29 is 0 Å². The Hall–Kier alpha value is -0.660.